The summed E-state index contributed by atoms with van der Waals surface area (Å²) < 4.78 is 7.17. The second-order valence-electron chi connectivity index (χ2n) is 17.1. The molecule has 1 aliphatic carbocycles. The van der Waals surface area contributed by atoms with Gasteiger partial charge in [-0.1, -0.05) is 206 Å². The van der Waals surface area contributed by atoms with Crippen molar-refractivity contribution in [1.82, 2.24) is 0 Å². The molecule has 13 rings (SSSR count). The predicted octanol–water partition coefficient (Wildman–Crippen LogP) is 17.1. The first kappa shape index (κ1) is 37.1. The molecule has 2 heteroatoms. The summed E-state index contributed by atoms with van der Waals surface area (Å²) >= 11 is 0. The number of hydrogen-bond donors (Lipinski definition) is 0. The van der Waals surface area contributed by atoms with Gasteiger partial charge in [0, 0.05) is 22.2 Å². The van der Waals surface area contributed by atoms with E-state index in [4.69, 9.17) is 4.42 Å². The van der Waals surface area contributed by atoms with Crippen molar-refractivity contribution < 1.29 is 4.42 Å². The van der Waals surface area contributed by atoms with Crippen LogP contribution in [0.25, 0.3) is 76.9 Å². The quantitative estimate of drug-likeness (QED) is 0.159. The van der Waals surface area contributed by atoms with E-state index in [1.165, 1.54) is 54.9 Å². The summed E-state index contributed by atoms with van der Waals surface area (Å²) in [5.74, 6) is 0. The van der Waals surface area contributed by atoms with Crippen LogP contribution < -0.4 is 4.90 Å². The Labute approximate surface area is 377 Å². The highest BCUT2D eigenvalue weighted by molar-refractivity contribution is 6.22. The van der Waals surface area contributed by atoms with E-state index < -0.39 is 5.41 Å². The van der Waals surface area contributed by atoms with Crippen LogP contribution in [-0.4, -0.2) is 0 Å². The molecule has 0 aliphatic heterocycles. The minimum absolute atomic E-state index is 0.558. The molecule has 1 heterocycles. The molecule has 11 aromatic carbocycles. The van der Waals surface area contributed by atoms with E-state index >= 15 is 0 Å². The Bertz CT molecular complexity index is 3730. The largest absolute Gasteiger partial charge is 0.455 e. The van der Waals surface area contributed by atoms with Gasteiger partial charge in [-0.3, -0.25) is 0 Å². The molecule has 0 unspecified atom stereocenters. The number of nitrogens with zero attached hydrogens (tertiary/aromatic N) is 1. The second-order valence-corrected chi connectivity index (χ2v) is 17.1. The molecule has 1 aliphatic rings. The molecule has 0 bridgehead atoms. The monoisotopic (exact) mass is 827 g/mol. The molecule has 65 heavy (non-hydrogen) atoms. The maximum atomic E-state index is 7.17. The molecular formula is C63H41NO. The van der Waals surface area contributed by atoms with E-state index in [1.807, 2.05) is 0 Å². The fraction of sp³-hybridized carbons (Fsp3) is 0.0159. The number of para-hydroxylation sites is 1. The number of furan rings is 1. The molecule has 12 aromatic rings. The number of benzene rings is 11. The lowest BCUT2D eigenvalue weighted by molar-refractivity contribution is 0.670. The fourth-order valence-corrected chi connectivity index (χ4v) is 10.9. The lowest BCUT2D eigenvalue weighted by atomic mass is 9.67. The molecule has 0 spiro atoms. The van der Waals surface area contributed by atoms with E-state index in [0.29, 0.717) is 0 Å². The summed E-state index contributed by atoms with van der Waals surface area (Å²) in [5.41, 5.74) is 16.4. The summed E-state index contributed by atoms with van der Waals surface area (Å²) in [7, 11) is 0. The summed E-state index contributed by atoms with van der Waals surface area (Å²) in [6.45, 7) is 0. The van der Waals surface area contributed by atoms with E-state index in [-0.39, 0.29) is 0 Å². The van der Waals surface area contributed by atoms with Crippen LogP contribution in [0.4, 0.5) is 17.1 Å². The minimum atomic E-state index is -0.558. The molecule has 2 nitrogen and oxygen atoms in total. The van der Waals surface area contributed by atoms with Gasteiger partial charge in [-0.25, -0.2) is 0 Å². The van der Waals surface area contributed by atoms with Crippen LogP contribution in [0.3, 0.4) is 0 Å². The normalized spacial score (nSPS) is 12.7. The van der Waals surface area contributed by atoms with Crippen molar-refractivity contribution in [2.24, 2.45) is 0 Å². The van der Waals surface area contributed by atoms with Crippen LogP contribution in [0.5, 0.6) is 0 Å². The van der Waals surface area contributed by atoms with Crippen LogP contribution in [-0.2, 0) is 5.41 Å². The third kappa shape index (κ3) is 5.67. The Hall–Kier alpha value is -8.46. The Morgan fingerprint density at radius 3 is 1.75 bits per heavy atom. The Morgan fingerprint density at radius 2 is 0.969 bits per heavy atom. The van der Waals surface area contributed by atoms with Gasteiger partial charge in [0.15, 0.2) is 0 Å². The third-order valence-electron chi connectivity index (χ3n) is 13.7. The summed E-state index contributed by atoms with van der Waals surface area (Å²) in [6, 6.07) is 90.8. The zero-order valence-corrected chi connectivity index (χ0v) is 35.5. The first-order valence-electron chi connectivity index (χ1n) is 22.4. The SMILES string of the molecule is c1ccc(-c2ccccc2N(c2ccc3c(c2)C(c2ccccc2)(c2ccccc2)c2ccccc2-3)c2cccc3oc4c(-c5ccc6ccccc6c5)c5ccccc5cc4c23)cc1. The zero-order chi connectivity index (χ0) is 42.9. The van der Waals surface area contributed by atoms with E-state index in [9.17, 15) is 0 Å². The Kier molecular flexibility index (Phi) is 8.47. The Morgan fingerprint density at radius 1 is 0.354 bits per heavy atom. The van der Waals surface area contributed by atoms with E-state index in [1.54, 1.807) is 0 Å². The van der Waals surface area contributed by atoms with Gasteiger partial charge in [0.2, 0.25) is 0 Å². The van der Waals surface area contributed by atoms with Crippen molar-refractivity contribution in [3.8, 4) is 33.4 Å². The smallest absolute Gasteiger partial charge is 0.143 e. The topological polar surface area (TPSA) is 16.4 Å². The maximum absolute atomic E-state index is 7.17. The highest BCUT2D eigenvalue weighted by Gasteiger charge is 2.46. The molecule has 0 atom stereocenters. The van der Waals surface area contributed by atoms with Crippen molar-refractivity contribution in [3.05, 3.63) is 271 Å². The van der Waals surface area contributed by atoms with Gasteiger partial charge in [0.25, 0.3) is 0 Å². The Balaban J connectivity index is 1.13. The van der Waals surface area contributed by atoms with Gasteiger partial charge >= 0.3 is 0 Å². The van der Waals surface area contributed by atoms with Gasteiger partial charge in [0.05, 0.1) is 22.2 Å². The van der Waals surface area contributed by atoms with Gasteiger partial charge < -0.3 is 9.32 Å². The van der Waals surface area contributed by atoms with E-state index in [0.717, 1.165) is 61.3 Å². The molecule has 0 N–H and O–H groups in total. The molecule has 0 radical (unpaired) electrons. The zero-order valence-electron chi connectivity index (χ0n) is 35.5. The minimum Gasteiger partial charge on any atom is -0.455 e. The van der Waals surface area contributed by atoms with Crippen molar-refractivity contribution in [2.75, 3.05) is 4.90 Å². The molecule has 304 valence electrons. The standard InChI is InChI=1S/C63H41NO/c1-4-20-43(21-5-1)50-28-15-17-32-57(50)64(49-37-38-53-52-30-14-16-31-55(52)63(56(53)41-49,47-24-6-2-7-25-47)48-26-8-3-9-27-48)58-33-18-34-59-61(58)54-40-45-23-12-13-29-51(45)60(62(54)65-59)46-36-35-42-19-10-11-22-44(42)39-46/h1-41H. The van der Waals surface area contributed by atoms with Crippen LogP contribution in [0.1, 0.15) is 22.3 Å². The third-order valence-corrected chi connectivity index (χ3v) is 13.7. The maximum Gasteiger partial charge on any atom is 0.143 e. The fourth-order valence-electron chi connectivity index (χ4n) is 10.9. The van der Waals surface area contributed by atoms with Gasteiger partial charge in [-0.2, -0.15) is 0 Å². The number of rotatable bonds is 7. The second kappa shape index (κ2) is 14.8. The lowest BCUT2D eigenvalue weighted by Gasteiger charge is -2.35. The first-order valence-corrected chi connectivity index (χ1v) is 22.4. The molecule has 0 saturated carbocycles. The van der Waals surface area contributed by atoms with E-state index in [2.05, 4.69) is 254 Å². The predicted molar refractivity (Wildman–Crippen MR) is 272 cm³/mol. The molecule has 1 aromatic heterocycles. The van der Waals surface area contributed by atoms with Crippen LogP contribution in [0.15, 0.2) is 253 Å². The van der Waals surface area contributed by atoms with Crippen molar-refractivity contribution in [2.45, 2.75) is 5.41 Å². The van der Waals surface area contributed by atoms with Crippen molar-refractivity contribution in [3.63, 3.8) is 0 Å². The molecule has 0 fully saturated rings. The lowest BCUT2D eigenvalue weighted by Crippen LogP contribution is -2.28. The number of fused-ring (bicyclic) bond motifs is 8. The van der Waals surface area contributed by atoms with Crippen molar-refractivity contribution >= 4 is 60.5 Å². The first-order chi connectivity index (χ1) is 32.3. The molecular weight excluding hydrogens is 787 g/mol. The van der Waals surface area contributed by atoms with Gasteiger partial charge in [-0.15, -0.1) is 0 Å². The average molecular weight is 828 g/mol. The average Bonchev–Trinajstić information content (AvgIpc) is 3.90. The molecule has 0 saturated heterocycles. The summed E-state index contributed by atoms with van der Waals surface area (Å²) in [4.78, 5) is 2.48. The highest BCUT2D eigenvalue weighted by atomic mass is 16.3. The van der Waals surface area contributed by atoms with Crippen LogP contribution in [0, 0.1) is 0 Å². The number of anilines is 3. The van der Waals surface area contributed by atoms with Gasteiger partial charge in [-0.05, 0) is 109 Å². The van der Waals surface area contributed by atoms with Crippen LogP contribution in [0.2, 0.25) is 0 Å². The molecule has 0 amide bonds. The summed E-state index contributed by atoms with van der Waals surface area (Å²) in [6.07, 6.45) is 0. The van der Waals surface area contributed by atoms with Crippen LogP contribution >= 0.6 is 0 Å². The summed E-state index contributed by atoms with van der Waals surface area (Å²) in [5, 5.41) is 6.90. The van der Waals surface area contributed by atoms with Gasteiger partial charge in [0.1, 0.15) is 11.2 Å². The highest BCUT2D eigenvalue weighted by Crippen LogP contribution is 2.58. The number of hydrogen-bond acceptors (Lipinski definition) is 2. The van der Waals surface area contributed by atoms with Crippen molar-refractivity contribution in [1.29, 1.82) is 0 Å².